The number of aryl methyl sites for hydroxylation is 1. The third-order valence-corrected chi connectivity index (χ3v) is 6.63. The summed E-state index contributed by atoms with van der Waals surface area (Å²) in [6.45, 7) is 7.14. The fourth-order valence-electron chi connectivity index (χ4n) is 3.51. The number of likely N-dealkylation sites (tertiary alicyclic amines) is 1. The number of hydrogen-bond donors (Lipinski definition) is 3. The number of rotatable bonds is 11. The summed E-state index contributed by atoms with van der Waals surface area (Å²) in [6, 6.07) is 5.77. The Labute approximate surface area is 204 Å². The van der Waals surface area contributed by atoms with Crippen LogP contribution in [0.4, 0.5) is 5.69 Å². The zero-order valence-electron chi connectivity index (χ0n) is 20.3. The van der Waals surface area contributed by atoms with E-state index >= 15 is 0 Å². The van der Waals surface area contributed by atoms with Crippen LogP contribution in [0.25, 0.3) is 0 Å². The molecular formula is C24H34N4O5S. The number of nitrogens with one attached hydrogen (secondary N) is 3. The molecule has 0 radical (unpaired) electrons. The van der Waals surface area contributed by atoms with Crippen LogP contribution in [0.15, 0.2) is 24.3 Å². The molecule has 0 saturated carbocycles. The lowest BCUT2D eigenvalue weighted by atomic mass is 10.0. The molecule has 2 unspecified atom stereocenters. The van der Waals surface area contributed by atoms with Gasteiger partial charge < -0.3 is 16.0 Å². The summed E-state index contributed by atoms with van der Waals surface area (Å²) in [5, 5.41) is 7.67. The molecule has 1 aromatic carbocycles. The number of amides is 5. The number of nitrogens with zero attached hydrogens (tertiary/aromatic N) is 1. The molecule has 0 spiro atoms. The minimum atomic E-state index is -0.865. The highest BCUT2D eigenvalue weighted by Crippen LogP contribution is 2.23. The van der Waals surface area contributed by atoms with Crippen molar-refractivity contribution in [3.63, 3.8) is 0 Å². The molecule has 1 fully saturated rings. The van der Waals surface area contributed by atoms with Crippen LogP contribution in [0, 0.1) is 5.92 Å². The maximum Gasteiger partial charge on any atom is 0.246 e. The van der Waals surface area contributed by atoms with Gasteiger partial charge in [-0.2, -0.15) is 11.8 Å². The predicted molar refractivity (Wildman–Crippen MR) is 132 cm³/mol. The molecule has 3 N–H and O–H groups in total. The number of benzene rings is 1. The molecule has 10 heteroatoms. The molecule has 0 aliphatic carbocycles. The second-order valence-corrected chi connectivity index (χ2v) is 9.66. The molecule has 1 aromatic rings. The van der Waals surface area contributed by atoms with Gasteiger partial charge in [-0.25, -0.2) is 0 Å². The molecule has 0 aromatic heterocycles. The van der Waals surface area contributed by atoms with E-state index in [-0.39, 0.29) is 43.0 Å². The number of carbonyl (C=O) groups is 5. The summed E-state index contributed by atoms with van der Waals surface area (Å²) in [6.07, 6.45) is 2.70. The summed E-state index contributed by atoms with van der Waals surface area (Å²) in [4.78, 5) is 63.1. The first-order valence-corrected chi connectivity index (χ1v) is 12.7. The maximum absolute atomic E-state index is 12.8. The largest absolute Gasteiger partial charge is 0.344 e. The van der Waals surface area contributed by atoms with Gasteiger partial charge >= 0.3 is 0 Å². The predicted octanol–water partition coefficient (Wildman–Crippen LogP) is 1.71. The Morgan fingerprint density at radius 3 is 2.24 bits per heavy atom. The Kier molecular flexibility index (Phi) is 10.1. The average molecular weight is 491 g/mol. The lowest BCUT2D eigenvalue weighted by Crippen LogP contribution is -2.54. The topological polar surface area (TPSA) is 125 Å². The summed E-state index contributed by atoms with van der Waals surface area (Å²) in [5.74, 6) is -2.12. The van der Waals surface area contributed by atoms with Crippen molar-refractivity contribution < 1.29 is 24.0 Å². The Morgan fingerprint density at radius 1 is 1.06 bits per heavy atom. The van der Waals surface area contributed by atoms with Gasteiger partial charge in [-0.3, -0.25) is 28.9 Å². The Hall–Kier alpha value is -2.88. The quantitative estimate of drug-likeness (QED) is 0.406. The van der Waals surface area contributed by atoms with Crippen molar-refractivity contribution in [1.82, 2.24) is 15.5 Å². The minimum absolute atomic E-state index is 0.0252. The third kappa shape index (κ3) is 7.31. The fourth-order valence-corrected chi connectivity index (χ4v) is 4.15. The summed E-state index contributed by atoms with van der Waals surface area (Å²) in [5.41, 5.74) is 1.78. The molecule has 3 atom stereocenters. The van der Waals surface area contributed by atoms with Crippen LogP contribution in [0.1, 0.15) is 46.1 Å². The molecule has 9 nitrogen and oxygen atoms in total. The highest BCUT2D eigenvalue weighted by molar-refractivity contribution is 8.00. The van der Waals surface area contributed by atoms with Crippen molar-refractivity contribution in [2.75, 3.05) is 18.1 Å². The molecule has 34 heavy (non-hydrogen) atoms. The molecule has 1 heterocycles. The normalized spacial score (nSPS) is 17.5. The van der Waals surface area contributed by atoms with E-state index in [2.05, 4.69) is 16.0 Å². The van der Waals surface area contributed by atoms with Crippen molar-refractivity contribution in [1.29, 1.82) is 0 Å². The van der Waals surface area contributed by atoms with Crippen LogP contribution in [-0.4, -0.2) is 64.6 Å². The molecule has 1 aliphatic rings. The van der Waals surface area contributed by atoms with Crippen LogP contribution in [0.5, 0.6) is 0 Å². The molecular weight excluding hydrogens is 456 g/mol. The summed E-state index contributed by atoms with van der Waals surface area (Å²) < 4.78 is 0. The van der Waals surface area contributed by atoms with Gasteiger partial charge in [0.15, 0.2) is 0 Å². The SMILES string of the molecule is CCc1ccc(NC(=O)[C@H](C)NC(=O)C(NC(=O)CCN2C(=O)CC(SC)C2=O)C(C)C)cc1. The van der Waals surface area contributed by atoms with Crippen LogP contribution >= 0.6 is 11.8 Å². The number of anilines is 1. The van der Waals surface area contributed by atoms with Crippen LogP contribution in [-0.2, 0) is 30.4 Å². The van der Waals surface area contributed by atoms with E-state index < -0.39 is 29.1 Å². The smallest absolute Gasteiger partial charge is 0.246 e. The molecule has 1 aliphatic heterocycles. The van der Waals surface area contributed by atoms with Gasteiger partial charge in [0, 0.05) is 25.1 Å². The van der Waals surface area contributed by atoms with Gasteiger partial charge in [-0.1, -0.05) is 32.9 Å². The Bertz CT molecular complexity index is 918. The van der Waals surface area contributed by atoms with E-state index in [0.717, 1.165) is 16.9 Å². The zero-order chi connectivity index (χ0) is 25.4. The molecule has 2 rings (SSSR count). The van der Waals surface area contributed by atoms with Gasteiger partial charge in [-0.15, -0.1) is 0 Å². The number of carbonyl (C=O) groups excluding carboxylic acids is 5. The van der Waals surface area contributed by atoms with Gasteiger partial charge in [0.25, 0.3) is 0 Å². The van der Waals surface area contributed by atoms with Gasteiger partial charge in [0.2, 0.25) is 29.5 Å². The van der Waals surface area contributed by atoms with E-state index in [9.17, 15) is 24.0 Å². The first kappa shape index (κ1) is 27.4. The molecule has 5 amide bonds. The maximum atomic E-state index is 12.8. The highest BCUT2D eigenvalue weighted by Gasteiger charge is 2.38. The van der Waals surface area contributed by atoms with Crippen LogP contribution < -0.4 is 16.0 Å². The molecule has 1 saturated heterocycles. The monoisotopic (exact) mass is 490 g/mol. The second kappa shape index (κ2) is 12.5. The third-order valence-electron chi connectivity index (χ3n) is 5.70. The first-order valence-electron chi connectivity index (χ1n) is 11.4. The zero-order valence-corrected chi connectivity index (χ0v) is 21.2. The standard InChI is InChI=1S/C24H34N4O5S/c1-6-16-7-9-17(10-8-16)26-22(31)15(4)25-23(32)21(14(2)3)27-19(29)11-12-28-20(30)13-18(34-5)24(28)33/h7-10,14-15,18,21H,6,11-13H2,1-5H3,(H,25,32)(H,26,31)(H,27,29)/t15-,18?,21?/m0/s1. The summed E-state index contributed by atoms with van der Waals surface area (Å²) in [7, 11) is 0. The van der Waals surface area contributed by atoms with Crippen LogP contribution in [0.2, 0.25) is 0 Å². The van der Waals surface area contributed by atoms with E-state index in [1.807, 2.05) is 19.1 Å². The van der Waals surface area contributed by atoms with Gasteiger partial charge in [-0.05, 0) is 43.2 Å². The molecule has 186 valence electrons. The lowest BCUT2D eigenvalue weighted by Gasteiger charge is -2.24. The minimum Gasteiger partial charge on any atom is -0.344 e. The van der Waals surface area contributed by atoms with Gasteiger partial charge in [0.05, 0.1) is 5.25 Å². The summed E-state index contributed by atoms with van der Waals surface area (Å²) >= 11 is 1.31. The van der Waals surface area contributed by atoms with Gasteiger partial charge in [0.1, 0.15) is 12.1 Å². The van der Waals surface area contributed by atoms with E-state index in [1.165, 1.54) is 11.8 Å². The van der Waals surface area contributed by atoms with E-state index in [4.69, 9.17) is 0 Å². The second-order valence-electron chi connectivity index (χ2n) is 8.62. The number of thioether (sulfide) groups is 1. The number of hydrogen-bond acceptors (Lipinski definition) is 6. The molecule has 0 bridgehead atoms. The van der Waals surface area contributed by atoms with Crippen molar-refractivity contribution in [3.8, 4) is 0 Å². The van der Waals surface area contributed by atoms with Crippen molar-refractivity contribution in [2.24, 2.45) is 5.92 Å². The highest BCUT2D eigenvalue weighted by atomic mass is 32.2. The van der Waals surface area contributed by atoms with E-state index in [0.29, 0.717) is 5.69 Å². The van der Waals surface area contributed by atoms with Crippen molar-refractivity contribution in [2.45, 2.75) is 64.3 Å². The van der Waals surface area contributed by atoms with E-state index in [1.54, 1.807) is 39.2 Å². The fraction of sp³-hybridized carbons (Fsp3) is 0.542. The Balaban J connectivity index is 1.88. The van der Waals surface area contributed by atoms with Crippen molar-refractivity contribution >= 4 is 47.0 Å². The average Bonchev–Trinajstić information content (AvgIpc) is 3.08. The van der Waals surface area contributed by atoms with Crippen LogP contribution in [0.3, 0.4) is 0 Å². The first-order chi connectivity index (χ1) is 16.1. The Morgan fingerprint density at radius 2 is 1.71 bits per heavy atom. The lowest BCUT2D eigenvalue weighted by molar-refractivity contribution is -0.139. The van der Waals surface area contributed by atoms with Crippen molar-refractivity contribution in [3.05, 3.63) is 29.8 Å². The number of imide groups is 1.